The Morgan fingerprint density at radius 3 is 2.26 bits per heavy atom. The predicted octanol–water partition coefficient (Wildman–Crippen LogP) is 3.67. The Morgan fingerprint density at radius 2 is 1.78 bits per heavy atom. The first kappa shape index (κ1) is 19.2. The molecule has 3 rings (SSSR count). The van der Waals surface area contributed by atoms with Crippen LogP contribution in [0.25, 0.3) is 0 Å². The van der Waals surface area contributed by atoms with Crippen LogP contribution in [0.5, 0.6) is 0 Å². The van der Waals surface area contributed by atoms with Gasteiger partial charge < -0.3 is 14.5 Å². The van der Waals surface area contributed by atoms with Crippen molar-refractivity contribution < 1.29 is 27.6 Å². The number of alkyl halides is 3. The number of nitro benzene ring substituents is 1. The number of halogens is 3. The number of benzene rings is 1. The fourth-order valence-electron chi connectivity index (χ4n) is 3.49. The Hall–Kier alpha value is -2.52. The monoisotopic (exact) mass is 387 g/mol. The number of amides is 1. The molecule has 2 fully saturated rings. The fraction of sp³-hybridized carbons (Fsp3) is 0.588. The number of nitro groups is 1. The number of hydrogen-bond acceptors (Lipinski definition) is 5. The molecule has 0 radical (unpaired) electrons. The summed E-state index contributed by atoms with van der Waals surface area (Å²) < 4.78 is 45.2. The zero-order valence-corrected chi connectivity index (χ0v) is 15.2. The molecule has 10 heteroatoms. The van der Waals surface area contributed by atoms with Gasteiger partial charge in [-0.1, -0.05) is 0 Å². The number of carbonyl (C=O) groups is 1. The summed E-state index contributed by atoms with van der Waals surface area (Å²) in [7, 11) is 0. The highest BCUT2D eigenvalue weighted by molar-refractivity contribution is 5.70. The third-order valence-electron chi connectivity index (χ3n) is 4.59. The highest BCUT2D eigenvalue weighted by Crippen LogP contribution is 2.46. The van der Waals surface area contributed by atoms with Gasteiger partial charge in [0.25, 0.3) is 5.69 Å². The van der Waals surface area contributed by atoms with Gasteiger partial charge in [0.2, 0.25) is 0 Å². The molecule has 7 nitrogen and oxygen atoms in total. The van der Waals surface area contributed by atoms with E-state index in [1.165, 1.54) is 4.90 Å². The lowest BCUT2D eigenvalue weighted by atomic mass is 9.72. The normalized spacial score (nSPS) is 18.7. The smallest absolute Gasteiger partial charge is 0.418 e. The summed E-state index contributed by atoms with van der Waals surface area (Å²) in [6.45, 7) is 6.84. The Kier molecular flexibility index (Phi) is 4.28. The zero-order valence-electron chi connectivity index (χ0n) is 15.2. The highest BCUT2D eigenvalue weighted by Gasteiger charge is 2.55. The van der Waals surface area contributed by atoms with E-state index in [4.69, 9.17) is 4.74 Å². The minimum absolute atomic E-state index is 0.0746. The van der Waals surface area contributed by atoms with Crippen molar-refractivity contribution >= 4 is 17.5 Å². The first-order chi connectivity index (χ1) is 12.3. The van der Waals surface area contributed by atoms with Gasteiger partial charge >= 0.3 is 12.3 Å². The van der Waals surface area contributed by atoms with Crippen molar-refractivity contribution in [1.82, 2.24) is 4.90 Å². The van der Waals surface area contributed by atoms with Crippen LogP contribution < -0.4 is 4.90 Å². The second kappa shape index (κ2) is 6.00. The quantitative estimate of drug-likeness (QED) is 0.572. The molecule has 1 spiro atoms. The second-order valence-corrected chi connectivity index (χ2v) is 8.15. The van der Waals surface area contributed by atoms with Crippen LogP contribution in [0.3, 0.4) is 0 Å². The number of hydrogen-bond donors (Lipinski definition) is 0. The molecular weight excluding hydrogens is 367 g/mol. The van der Waals surface area contributed by atoms with Crippen molar-refractivity contribution in [3.05, 3.63) is 33.9 Å². The van der Waals surface area contributed by atoms with E-state index < -0.39 is 34.0 Å². The Morgan fingerprint density at radius 1 is 1.19 bits per heavy atom. The molecule has 1 aromatic rings. The van der Waals surface area contributed by atoms with Gasteiger partial charge in [-0.25, -0.2) is 4.79 Å². The van der Waals surface area contributed by atoms with Gasteiger partial charge in [0.1, 0.15) is 5.60 Å². The standard InChI is InChI=1S/C17H20F3N3O4/c1-15(2,3)27-14(24)22-9-16(10-22)7-21(8-16)13-5-4-11(23(25)26)6-12(13)17(18,19)20/h4-6H,7-10H2,1-3H3. The molecule has 0 aromatic heterocycles. The lowest BCUT2D eigenvalue weighted by molar-refractivity contribution is -0.385. The maximum absolute atomic E-state index is 13.3. The summed E-state index contributed by atoms with van der Waals surface area (Å²) in [5.41, 5.74) is -2.54. The van der Waals surface area contributed by atoms with Crippen molar-refractivity contribution in [1.29, 1.82) is 0 Å². The Bertz CT molecular complexity index is 775. The number of anilines is 1. The molecule has 0 N–H and O–H groups in total. The third-order valence-corrected chi connectivity index (χ3v) is 4.59. The van der Waals surface area contributed by atoms with E-state index in [9.17, 15) is 28.1 Å². The largest absolute Gasteiger partial charge is 0.444 e. The maximum Gasteiger partial charge on any atom is 0.418 e. The van der Waals surface area contributed by atoms with Gasteiger partial charge in [-0.05, 0) is 26.8 Å². The number of ether oxygens (including phenoxy) is 1. The minimum atomic E-state index is -4.69. The average Bonchev–Trinajstić information content (AvgIpc) is 2.41. The van der Waals surface area contributed by atoms with Crippen LogP contribution in [0.4, 0.5) is 29.3 Å². The SMILES string of the molecule is CC(C)(C)OC(=O)N1CC2(C1)CN(c1ccc([N+](=O)[O-])cc1C(F)(F)F)C2. The molecule has 0 bridgehead atoms. The third kappa shape index (κ3) is 3.79. The molecule has 0 atom stereocenters. The van der Waals surface area contributed by atoms with Crippen LogP contribution in [-0.2, 0) is 10.9 Å². The number of rotatable bonds is 2. The van der Waals surface area contributed by atoms with Gasteiger partial charge in [0.05, 0.1) is 10.5 Å². The number of nitrogens with zero attached hydrogens (tertiary/aromatic N) is 3. The number of likely N-dealkylation sites (tertiary alicyclic amines) is 1. The summed E-state index contributed by atoms with van der Waals surface area (Å²) in [6.07, 6.45) is -5.12. The van der Waals surface area contributed by atoms with Crippen LogP contribution in [0, 0.1) is 15.5 Å². The summed E-state index contributed by atoms with van der Waals surface area (Å²) in [5.74, 6) is 0. The van der Waals surface area contributed by atoms with E-state index >= 15 is 0 Å². The van der Waals surface area contributed by atoms with E-state index in [1.54, 1.807) is 25.7 Å². The lowest BCUT2D eigenvalue weighted by Crippen LogP contribution is -2.73. The van der Waals surface area contributed by atoms with Gasteiger partial charge in [0.15, 0.2) is 0 Å². The van der Waals surface area contributed by atoms with Gasteiger partial charge in [-0.15, -0.1) is 0 Å². The highest BCUT2D eigenvalue weighted by atomic mass is 19.4. The van der Waals surface area contributed by atoms with Gasteiger partial charge in [-0.3, -0.25) is 10.1 Å². The number of carbonyl (C=O) groups excluding carboxylic acids is 1. The van der Waals surface area contributed by atoms with Crippen LogP contribution >= 0.6 is 0 Å². The number of non-ortho nitro benzene ring substituents is 1. The summed E-state index contributed by atoms with van der Waals surface area (Å²) >= 11 is 0. The zero-order chi connectivity index (χ0) is 20.2. The van der Waals surface area contributed by atoms with E-state index in [0.29, 0.717) is 32.2 Å². The van der Waals surface area contributed by atoms with E-state index in [1.807, 2.05) is 0 Å². The topological polar surface area (TPSA) is 75.9 Å². The van der Waals surface area contributed by atoms with E-state index in [2.05, 4.69) is 0 Å². The van der Waals surface area contributed by atoms with Crippen LogP contribution in [0.15, 0.2) is 18.2 Å². The van der Waals surface area contributed by atoms with Crippen LogP contribution in [0.2, 0.25) is 0 Å². The molecular formula is C17H20F3N3O4. The summed E-state index contributed by atoms with van der Waals surface area (Å²) in [6, 6.07) is 2.77. The molecule has 0 saturated carbocycles. The molecule has 2 saturated heterocycles. The fourth-order valence-corrected chi connectivity index (χ4v) is 3.49. The average molecular weight is 387 g/mol. The van der Waals surface area contributed by atoms with Crippen molar-refractivity contribution in [2.75, 3.05) is 31.1 Å². The summed E-state index contributed by atoms with van der Waals surface area (Å²) in [5, 5.41) is 10.8. The molecule has 0 unspecified atom stereocenters. The second-order valence-electron chi connectivity index (χ2n) is 8.15. The van der Waals surface area contributed by atoms with Crippen LogP contribution in [0.1, 0.15) is 26.3 Å². The molecule has 1 amide bonds. The molecule has 2 aliphatic rings. The summed E-state index contributed by atoms with van der Waals surface area (Å²) in [4.78, 5) is 25.0. The van der Waals surface area contributed by atoms with Gasteiger partial charge in [0, 0.05) is 49.4 Å². The van der Waals surface area contributed by atoms with Crippen molar-refractivity contribution in [2.24, 2.45) is 5.41 Å². The molecule has 2 heterocycles. The molecule has 0 aliphatic carbocycles. The predicted molar refractivity (Wildman–Crippen MR) is 90.6 cm³/mol. The first-order valence-corrected chi connectivity index (χ1v) is 8.38. The first-order valence-electron chi connectivity index (χ1n) is 8.38. The molecule has 2 aliphatic heterocycles. The van der Waals surface area contributed by atoms with E-state index in [0.717, 1.165) is 12.1 Å². The maximum atomic E-state index is 13.3. The molecule has 148 valence electrons. The van der Waals surface area contributed by atoms with Crippen LogP contribution in [-0.4, -0.2) is 47.7 Å². The van der Waals surface area contributed by atoms with Crippen molar-refractivity contribution in [2.45, 2.75) is 32.5 Å². The van der Waals surface area contributed by atoms with Crippen molar-refractivity contribution in [3.8, 4) is 0 Å². The van der Waals surface area contributed by atoms with Crippen molar-refractivity contribution in [3.63, 3.8) is 0 Å². The lowest BCUT2D eigenvalue weighted by Gasteiger charge is -2.60. The Balaban J connectivity index is 1.67. The molecule has 1 aromatic carbocycles. The minimum Gasteiger partial charge on any atom is -0.444 e. The van der Waals surface area contributed by atoms with Gasteiger partial charge in [-0.2, -0.15) is 13.2 Å². The molecule has 27 heavy (non-hydrogen) atoms. The van der Waals surface area contributed by atoms with E-state index in [-0.39, 0.29) is 11.1 Å². The Labute approximate surface area is 153 Å².